The molecule has 7 aromatic carbocycles. The predicted molar refractivity (Wildman–Crippen MR) is 252 cm³/mol. The fourth-order valence-corrected chi connectivity index (χ4v) is 10.4. The summed E-state index contributed by atoms with van der Waals surface area (Å²) >= 11 is 0. The molecular weight excluding hydrogens is 733 g/mol. The van der Waals surface area contributed by atoms with Crippen molar-refractivity contribution >= 4 is 78.0 Å². The van der Waals surface area contributed by atoms with Crippen molar-refractivity contribution in [2.24, 2.45) is 0 Å². The van der Waals surface area contributed by atoms with Crippen molar-refractivity contribution in [1.29, 1.82) is 0 Å². The smallest absolute Gasteiger partial charge is 0.141 e. The molecule has 2 aromatic heterocycles. The first-order valence-electron chi connectivity index (χ1n) is 21.4. The Balaban J connectivity index is 1.10. The van der Waals surface area contributed by atoms with Crippen LogP contribution in [0, 0.1) is 0 Å². The van der Waals surface area contributed by atoms with Crippen LogP contribution < -0.4 is 9.80 Å². The third kappa shape index (κ3) is 5.09. The highest BCUT2D eigenvalue weighted by atomic mass is 16.3. The van der Waals surface area contributed by atoms with E-state index in [1.54, 1.807) is 0 Å². The summed E-state index contributed by atoms with van der Waals surface area (Å²) in [5, 5.41) is 4.33. The van der Waals surface area contributed by atoms with Gasteiger partial charge in [-0.25, -0.2) is 0 Å². The lowest BCUT2D eigenvalue weighted by atomic mass is 9.73. The van der Waals surface area contributed by atoms with E-state index in [0.717, 1.165) is 66.6 Å². The highest BCUT2D eigenvalue weighted by molar-refractivity contribution is 6.17. The fourth-order valence-electron chi connectivity index (χ4n) is 10.4. The molecule has 0 spiro atoms. The van der Waals surface area contributed by atoms with Crippen LogP contribution in [0.5, 0.6) is 0 Å². The van der Waals surface area contributed by atoms with Gasteiger partial charge in [0.15, 0.2) is 0 Å². The Kier molecular flexibility index (Phi) is 7.46. The van der Waals surface area contributed by atoms with Gasteiger partial charge in [-0.2, -0.15) is 0 Å². The first kappa shape index (κ1) is 36.8. The summed E-state index contributed by atoms with van der Waals surface area (Å²) in [5.74, 6) is 0. The minimum atomic E-state index is -0.313. The second-order valence-corrected chi connectivity index (χ2v) is 20.3. The summed E-state index contributed by atoms with van der Waals surface area (Å²) in [4.78, 5) is 4.83. The summed E-state index contributed by atoms with van der Waals surface area (Å²) in [6.45, 7) is 22.9. The average molecular weight is 785 g/mol. The van der Waals surface area contributed by atoms with E-state index in [-0.39, 0.29) is 21.7 Å². The summed E-state index contributed by atoms with van der Waals surface area (Å²) in [6.07, 6.45) is 0. The van der Waals surface area contributed by atoms with Gasteiger partial charge in [0, 0.05) is 54.9 Å². The van der Waals surface area contributed by atoms with Crippen molar-refractivity contribution in [3.8, 4) is 0 Å². The molecule has 0 fully saturated rings. The van der Waals surface area contributed by atoms with Crippen LogP contribution in [0.3, 0.4) is 0 Å². The molecule has 0 saturated heterocycles. The highest BCUT2D eigenvalue weighted by Gasteiger charge is 2.41. The number of hydrogen-bond acceptors (Lipinski definition) is 4. The standard InChI is InChI=1S/C56H52N2O2/c1-53(2,3)33-19-23-35(24-20-33)57-43-17-13-11-15-41(43)55(7,8)49-45(57)29-27-37-39-31-48-40(32-47(39)59-51(37)49)38-28-30-46-50(52(38)60-48)56(9,10)42-16-12-14-18-44(42)58(46)36-25-21-34(22-26-36)54(4,5)6/h11-32H,1-10H3. The summed E-state index contributed by atoms with van der Waals surface area (Å²) in [5.41, 5.74) is 17.7. The number of benzene rings is 7. The van der Waals surface area contributed by atoms with E-state index in [4.69, 9.17) is 8.83 Å². The van der Waals surface area contributed by atoms with E-state index >= 15 is 0 Å². The van der Waals surface area contributed by atoms with Crippen LogP contribution in [0.15, 0.2) is 142 Å². The molecule has 0 saturated carbocycles. The van der Waals surface area contributed by atoms with Crippen molar-refractivity contribution < 1.29 is 8.83 Å². The molecule has 11 rings (SSSR count). The molecule has 0 amide bonds. The van der Waals surface area contributed by atoms with Crippen LogP contribution in [-0.2, 0) is 21.7 Å². The first-order valence-corrected chi connectivity index (χ1v) is 21.4. The van der Waals surface area contributed by atoms with Crippen molar-refractivity contribution in [3.05, 3.63) is 167 Å². The summed E-state index contributed by atoms with van der Waals surface area (Å²) in [7, 11) is 0. The summed E-state index contributed by atoms with van der Waals surface area (Å²) < 4.78 is 14.2. The van der Waals surface area contributed by atoms with E-state index in [2.05, 4.69) is 212 Å². The van der Waals surface area contributed by atoms with E-state index in [9.17, 15) is 0 Å². The van der Waals surface area contributed by atoms with Gasteiger partial charge in [-0.1, -0.05) is 130 Å². The van der Waals surface area contributed by atoms with E-state index < -0.39 is 0 Å². The number of rotatable bonds is 2. The molecule has 0 radical (unpaired) electrons. The van der Waals surface area contributed by atoms with Gasteiger partial charge in [0.05, 0.1) is 22.7 Å². The predicted octanol–water partition coefficient (Wildman–Crippen LogP) is 16.3. The van der Waals surface area contributed by atoms with Crippen molar-refractivity contribution in [1.82, 2.24) is 0 Å². The van der Waals surface area contributed by atoms with Crippen LogP contribution in [-0.4, -0.2) is 0 Å². The molecule has 4 nitrogen and oxygen atoms in total. The number of hydrogen-bond donors (Lipinski definition) is 0. The summed E-state index contributed by atoms with van der Waals surface area (Å²) in [6, 6.07) is 49.3. The molecule has 2 aliphatic heterocycles. The Bertz CT molecular complexity index is 3000. The minimum absolute atomic E-state index is 0.0729. The maximum atomic E-state index is 7.11. The zero-order valence-electron chi connectivity index (χ0n) is 36.4. The highest BCUT2D eigenvalue weighted by Crippen LogP contribution is 2.57. The molecule has 60 heavy (non-hydrogen) atoms. The van der Waals surface area contributed by atoms with Gasteiger partial charge in [0.2, 0.25) is 0 Å². The fraction of sp³-hybridized carbons (Fsp3) is 0.250. The third-order valence-electron chi connectivity index (χ3n) is 13.7. The maximum Gasteiger partial charge on any atom is 0.141 e. The van der Waals surface area contributed by atoms with Crippen LogP contribution in [0.25, 0.3) is 43.9 Å². The number of para-hydroxylation sites is 2. The van der Waals surface area contributed by atoms with Gasteiger partial charge in [-0.3, -0.25) is 0 Å². The molecule has 0 aliphatic carbocycles. The molecule has 0 unspecified atom stereocenters. The quantitative estimate of drug-likeness (QED) is 0.175. The molecular formula is C56H52N2O2. The Morgan fingerprint density at radius 2 is 0.767 bits per heavy atom. The molecule has 2 aliphatic rings. The maximum absolute atomic E-state index is 7.11. The minimum Gasteiger partial charge on any atom is -0.456 e. The van der Waals surface area contributed by atoms with E-state index in [1.165, 1.54) is 44.8 Å². The Morgan fingerprint density at radius 1 is 0.400 bits per heavy atom. The molecule has 4 heterocycles. The molecule has 0 bridgehead atoms. The molecule has 0 N–H and O–H groups in total. The monoisotopic (exact) mass is 784 g/mol. The second kappa shape index (κ2) is 12.2. The molecule has 298 valence electrons. The number of furan rings is 2. The molecule has 9 aromatic rings. The third-order valence-corrected chi connectivity index (χ3v) is 13.7. The lowest BCUT2D eigenvalue weighted by Crippen LogP contribution is -2.30. The number of anilines is 6. The number of nitrogens with zero attached hydrogens (tertiary/aromatic N) is 2. The molecule has 0 atom stereocenters. The second-order valence-electron chi connectivity index (χ2n) is 20.3. The van der Waals surface area contributed by atoms with Gasteiger partial charge in [-0.15, -0.1) is 0 Å². The van der Waals surface area contributed by atoms with Crippen molar-refractivity contribution in [3.63, 3.8) is 0 Å². The zero-order chi connectivity index (χ0) is 41.7. The van der Waals surface area contributed by atoms with Gasteiger partial charge < -0.3 is 18.6 Å². The van der Waals surface area contributed by atoms with E-state index in [1.807, 2.05) is 0 Å². The topological polar surface area (TPSA) is 32.8 Å². The average Bonchev–Trinajstić information content (AvgIpc) is 3.76. The zero-order valence-corrected chi connectivity index (χ0v) is 36.4. The van der Waals surface area contributed by atoms with E-state index in [0.29, 0.717) is 0 Å². The lowest BCUT2D eigenvalue weighted by Gasteiger charge is -2.42. The van der Waals surface area contributed by atoms with Gasteiger partial charge in [0.1, 0.15) is 22.3 Å². The Hall–Kier alpha value is -6.26. The Labute approximate surface area is 353 Å². The van der Waals surface area contributed by atoms with Gasteiger partial charge in [-0.05, 0) is 106 Å². The van der Waals surface area contributed by atoms with Gasteiger partial charge >= 0.3 is 0 Å². The van der Waals surface area contributed by atoms with Gasteiger partial charge in [0.25, 0.3) is 0 Å². The van der Waals surface area contributed by atoms with Crippen LogP contribution >= 0.6 is 0 Å². The van der Waals surface area contributed by atoms with Crippen LogP contribution in [0.1, 0.15) is 103 Å². The van der Waals surface area contributed by atoms with Crippen LogP contribution in [0.4, 0.5) is 34.1 Å². The number of fused-ring (bicyclic) bond motifs is 12. The normalized spacial score (nSPS) is 15.7. The Morgan fingerprint density at radius 3 is 1.13 bits per heavy atom. The van der Waals surface area contributed by atoms with Crippen LogP contribution in [0.2, 0.25) is 0 Å². The largest absolute Gasteiger partial charge is 0.456 e. The molecule has 4 heteroatoms. The SMILES string of the molecule is CC(C)(C)c1ccc(N2c3ccccc3C(C)(C)c3c2ccc2c3oc3cc4c(cc32)oc2c3c(ccc24)N(c2ccc(C(C)(C)C)cc2)c2ccccc2C3(C)C)cc1. The lowest BCUT2D eigenvalue weighted by molar-refractivity contribution is 0.590. The van der Waals surface area contributed by atoms with Crippen molar-refractivity contribution in [2.75, 3.05) is 9.80 Å². The first-order chi connectivity index (χ1) is 28.5. The van der Waals surface area contributed by atoms with Crippen molar-refractivity contribution in [2.45, 2.75) is 90.9 Å².